The number of carbonyl (C=O) groups excluding carboxylic acids is 1. The molecule has 1 aromatic carbocycles. The lowest BCUT2D eigenvalue weighted by molar-refractivity contribution is -0.772. The molecule has 0 aliphatic carbocycles. The molecule has 6 nitrogen and oxygen atoms in total. The van der Waals surface area contributed by atoms with E-state index in [0.29, 0.717) is 11.4 Å². The Bertz CT molecular complexity index is 736. The molecular weight excluding hydrogens is 302 g/mol. The highest BCUT2D eigenvalue weighted by molar-refractivity contribution is 8.00. The van der Waals surface area contributed by atoms with E-state index >= 15 is 0 Å². The third kappa shape index (κ3) is 3.59. The van der Waals surface area contributed by atoms with Crippen LogP contribution < -0.4 is 15.6 Å². The van der Waals surface area contributed by atoms with E-state index in [4.69, 9.17) is 4.52 Å². The topological polar surface area (TPSA) is 79.0 Å². The maximum Gasteiger partial charge on any atom is 0.441 e. The number of hydrogen-bond donors (Lipinski definition) is 2. The first-order chi connectivity index (χ1) is 10.4. The first-order valence-corrected chi connectivity index (χ1v) is 7.92. The zero-order valence-corrected chi connectivity index (χ0v) is 13.9. The van der Waals surface area contributed by atoms with Gasteiger partial charge in [0, 0.05) is 5.69 Å². The summed E-state index contributed by atoms with van der Waals surface area (Å²) in [5.74, 6) is -0.125. The second kappa shape index (κ2) is 6.83. The summed E-state index contributed by atoms with van der Waals surface area (Å²) in [6.07, 6.45) is 0.603. The molecule has 1 amide bonds. The highest BCUT2D eigenvalue weighted by Crippen LogP contribution is 2.23. The van der Waals surface area contributed by atoms with Crippen LogP contribution in [-0.2, 0) is 11.8 Å². The number of benzene rings is 1. The van der Waals surface area contributed by atoms with Crippen molar-refractivity contribution in [2.24, 2.45) is 7.05 Å². The first kappa shape index (κ1) is 16.4. The van der Waals surface area contributed by atoms with Crippen LogP contribution in [0.4, 0.5) is 5.69 Å². The Morgan fingerprint density at radius 1 is 1.45 bits per heavy atom. The first-order valence-electron chi connectivity index (χ1n) is 7.04. The van der Waals surface area contributed by atoms with Gasteiger partial charge < -0.3 is 5.32 Å². The van der Waals surface area contributed by atoms with Crippen molar-refractivity contribution in [3.05, 3.63) is 39.7 Å². The maximum absolute atomic E-state index is 12.4. The van der Waals surface area contributed by atoms with E-state index in [1.807, 2.05) is 39.0 Å². The smallest absolute Gasteiger partial charge is 0.325 e. The Kier molecular flexibility index (Phi) is 5.07. The van der Waals surface area contributed by atoms with Crippen LogP contribution in [0.5, 0.6) is 0 Å². The number of nitrogens with zero attached hydrogens (tertiary/aromatic N) is 1. The second-order valence-electron chi connectivity index (χ2n) is 5.17. The average molecular weight is 322 g/mol. The summed E-state index contributed by atoms with van der Waals surface area (Å²) in [6.45, 7) is 5.87. The number of hydrogen-bond acceptors (Lipinski definition) is 4. The summed E-state index contributed by atoms with van der Waals surface area (Å²) in [4.78, 5) is 24.0. The van der Waals surface area contributed by atoms with Crippen LogP contribution in [0, 0.1) is 13.8 Å². The zero-order valence-electron chi connectivity index (χ0n) is 13.1. The van der Waals surface area contributed by atoms with Crippen molar-refractivity contribution >= 4 is 23.4 Å². The van der Waals surface area contributed by atoms with E-state index in [2.05, 4.69) is 10.6 Å². The Morgan fingerprint density at radius 3 is 2.73 bits per heavy atom. The van der Waals surface area contributed by atoms with E-state index in [1.54, 1.807) is 7.05 Å². The van der Waals surface area contributed by atoms with Gasteiger partial charge in [0.05, 0.1) is 5.25 Å². The number of H-pyrrole nitrogens is 1. The summed E-state index contributed by atoms with van der Waals surface area (Å²) in [5, 5.41) is 5.38. The molecule has 1 heterocycles. The standard InChI is InChI=1S/C15H19N3O3S/c1-5-12(22-14-15(20)21-17-18(14)4)13(19)16-11-7-6-9(2)8-10(11)3/h6-8,12H,5H2,1-4H3,(H-,16,17,19,20)/p+1. The predicted octanol–water partition coefficient (Wildman–Crippen LogP) is 1.92. The third-order valence-electron chi connectivity index (χ3n) is 3.31. The van der Waals surface area contributed by atoms with E-state index < -0.39 is 5.63 Å². The van der Waals surface area contributed by atoms with Crippen LogP contribution in [0.1, 0.15) is 24.5 Å². The number of amides is 1. The van der Waals surface area contributed by atoms with Gasteiger partial charge in [-0.05, 0) is 48.9 Å². The van der Waals surface area contributed by atoms with Crippen LogP contribution in [0.15, 0.2) is 32.5 Å². The third-order valence-corrected chi connectivity index (χ3v) is 4.81. The Morgan fingerprint density at radius 2 is 2.18 bits per heavy atom. The van der Waals surface area contributed by atoms with Crippen molar-refractivity contribution in [3.63, 3.8) is 0 Å². The van der Waals surface area contributed by atoms with E-state index in [9.17, 15) is 9.59 Å². The molecule has 2 N–H and O–H groups in total. The van der Waals surface area contributed by atoms with Gasteiger partial charge in [0.25, 0.3) is 0 Å². The quantitative estimate of drug-likeness (QED) is 0.651. The summed E-state index contributed by atoms with van der Waals surface area (Å²) in [5.41, 5.74) is 2.49. The van der Waals surface area contributed by atoms with Gasteiger partial charge >= 0.3 is 10.7 Å². The van der Waals surface area contributed by atoms with Crippen LogP contribution in [0.3, 0.4) is 0 Å². The van der Waals surface area contributed by atoms with Crippen molar-refractivity contribution in [2.45, 2.75) is 37.5 Å². The predicted molar refractivity (Wildman–Crippen MR) is 85.0 cm³/mol. The van der Waals surface area contributed by atoms with Gasteiger partial charge in [-0.25, -0.2) is 4.79 Å². The molecule has 0 saturated carbocycles. The minimum Gasteiger partial charge on any atom is -0.325 e. The van der Waals surface area contributed by atoms with Gasteiger partial charge in [0.15, 0.2) is 7.05 Å². The number of anilines is 1. The molecule has 0 aliphatic rings. The minimum atomic E-state index is -0.467. The highest BCUT2D eigenvalue weighted by Gasteiger charge is 2.27. The lowest BCUT2D eigenvalue weighted by Crippen LogP contribution is -2.35. The van der Waals surface area contributed by atoms with Crippen LogP contribution in [-0.4, -0.2) is 16.4 Å². The molecule has 1 unspecified atom stereocenters. The molecule has 22 heavy (non-hydrogen) atoms. The Balaban J connectivity index is 2.14. The van der Waals surface area contributed by atoms with Gasteiger partial charge in [-0.3, -0.25) is 9.32 Å². The van der Waals surface area contributed by atoms with Crippen molar-refractivity contribution in [2.75, 3.05) is 5.32 Å². The molecule has 0 radical (unpaired) electrons. The van der Waals surface area contributed by atoms with Crippen molar-refractivity contribution in [1.82, 2.24) is 5.27 Å². The van der Waals surface area contributed by atoms with Gasteiger partial charge in [-0.1, -0.05) is 29.3 Å². The molecule has 0 spiro atoms. The number of aromatic amines is 1. The highest BCUT2D eigenvalue weighted by atomic mass is 32.2. The largest absolute Gasteiger partial charge is 0.441 e. The van der Waals surface area contributed by atoms with E-state index in [1.165, 1.54) is 16.4 Å². The van der Waals surface area contributed by atoms with Crippen LogP contribution in [0.25, 0.3) is 0 Å². The monoisotopic (exact) mass is 322 g/mol. The van der Waals surface area contributed by atoms with E-state index in [-0.39, 0.29) is 11.2 Å². The molecule has 1 atom stereocenters. The molecule has 0 bridgehead atoms. The summed E-state index contributed by atoms with van der Waals surface area (Å²) in [6, 6.07) is 5.87. The van der Waals surface area contributed by atoms with Crippen molar-refractivity contribution in [1.29, 1.82) is 0 Å². The second-order valence-corrected chi connectivity index (χ2v) is 6.36. The van der Waals surface area contributed by atoms with Gasteiger partial charge in [0.2, 0.25) is 5.91 Å². The van der Waals surface area contributed by atoms with Gasteiger partial charge in [-0.2, -0.15) is 0 Å². The van der Waals surface area contributed by atoms with Crippen LogP contribution >= 0.6 is 11.8 Å². The Labute approximate surface area is 132 Å². The number of aryl methyl sites for hydroxylation is 3. The number of aromatic nitrogens is 2. The van der Waals surface area contributed by atoms with Gasteiger partial charge in [-0.15, -0.1) is 0 Å². The molecule has 7 heteroatoms. The maximum atomic E-state index is 12.4. The summed E-state index contributed by atoms with van der Waals surface area (Å²) < 4.78 is 6.17. The minimum absolute atomic E-state index is 0.125. The number of thioether (sulfide) groups is 1. The normalized spacial score (nSPS) is 12.2. The molecule has 0 saturated heterocycles. The van der Waals surface area contributed by atoms with Crippen molar-refractivity contribution < 1.29 is 14.0 Å². The number of nitrogens with one attached hydrogen (secondary N) is 2. The fourth-order valence-electron chi connectivity index (χ4n) is 2.08. The molecule has 0 aliphatic heterocycles. The number of rotatable bonds is 5. The van der Waals surface area contributed by atoms with Crippen LogP contribution in [0.2, 0.25) is 0 Å². The molecule has 0 fully saturated rings. The average Bonchev–Trinajstić information content (AvgIpc) is 2.78. The summed E-state index contributed by atoms with van der Waals surface area (Å²) in [7, 11) is 1.67. The van der Waals surface area contributed by atoms with E-state index in [0.717, 1.165) is 16.8 Å². The fraction of sp³-hybridized carbons (Fsp3) is 0.400. The molecule has 2 rings (SSSR count). The van der Waals surface area contributed by atoms with Crippen molar-refractivity contribution in [3.8, 4) is 0 Å². The molecule has 2 aromatic rings. The fourth-order valence-corrected chi connectivity index (χ4v) is 3.02. The summed E-state index contributed by atoms with van der Waals surface area (Å²) >= 11 is 1.20. The lowest BCUT2D eigenvalue weighted by Gasteiger charge is -2.14. The SMILES string of the molecule is CCC(Sc1c(=O)o[nH][n+]1C)C(=O)Nc1ccc(C)cc1C. The Hall–Kier alpha value is -2.02. The molecule has 118 valence electrons. The van der Waals surface area contributed by atoms with Gasteiger partial charge in [0.1, 0.15) is 0 Å². The zero-order chi connectivity index (χ0) is 16.3. The molecule has 1 aromatic heterocycles. The lowest BCUT2D eigenvalue weighted by atomic mass is 10.1. The molecular formula is C15H20N3O3S+. The number of carbonyl (C=O) groups is 1.